The Bertz CT molecular complexity index is 169. The van der Waals surface area contributed by atoms with Crippen molar-refractivity contribution in [2.24, 2.45) is 5.92 Å². The van der Waals surface area contributed by atoms with Crippen LogP contribution in [0.2, 0.25) is 0 Å². The van der Waals surface area contributed by atoms with Gasteiger partial charge in [0.1, 0.15) is 0 Å². The van der Waals surface area contributed by atoms with E-state index in [-0.39, 0.29) is 6.23 Å². The first kappa shape index (κ1) is 9.75. The number of nitrogens with zero attached hydrogens (tertiary/aromatic N) is 1. The van der Waals surface area contributed by atoms with Crippen LogP contribution in [0.25, 0.3) is 0 Å². The summed E-state index contributed by atoms with van der Waals surface area (Å²) < 4.78 is 0.755. The van der Waals surface area contributed by atoms with E-state index in [9.17, 15) is 5.11 Å². The molecule has 0 radical (unpaired) electrons. The summed E-state index contributed by atoms with van der Waals surface area (Å²) in [6.45, 7) is 8.05. The van der Waals surface area contributed by atoms with Gasteiger partial charge in [0.25, 0.3) is 0 Å². The summed E-state index contributed by atoms with van der Waals surface area (Å²) in [6, 6.07) is 0. The molecule has 2 unspecified atom stereocenters. The molecule has 0 spiro atoms. The molecule has 0 aromatic heterocycles. The van der Waals surface area contributed by atoms with Crippen molar-refractivity contribution in [3.63, 3.8) is 0 Å². The first-order valence-electron chi connectivity index (χ1n) is 4.73. The highest BCUT2D eigenvalue weighted by atomic mass is 16.3. The molecule has 1 rings (SSSR count). The Hall–Kier alpha value is -0.340. The number of quaternary nitrogens is 1. The third-order valence-electron chi connectivity index (χ3n) is 2.94. The standard InChI is InChI=1S/C10H20NO/c1-4-10(12)11(3)7-5-6-9(2)8-11/h4,9-10,12H,1,5-8H2,2-3H3/q+1/t9-,10?,11?/m0/s1. The van der Waals surface area contributed by atoms with E-state index in [1.165, 1.54) is 12.8 Å². The molecule has 3 atom stereocenters. The predicted molar refractivity (Wildman–Crippen MR) is 50.5 cm³/mol. The first-order valence-corrected chi connectivity index (χ1v) is 4.73. The van der Waals surface area contributed by atoms with Crippen molar-refractivity contribution in [1.82, 2.24) is 0 Å². The third-order valence-corrected chi connectivity index (χ3v) is 2.94. The van der Waals surface area contributed by atoms with Crippen molar-refractivity contribution < 1.29 is 9.59 Å². The van der Waals surface area contributed by atoms with Crippen LogP contribution in [0.15, 0.2) is 12.7 Å². The second-order valence-electron chi connectivity index (χ2n) is 4.28. The topological polar surface area (TPSA) is 20.2 Å². The minimum atomic E-state index is -0.382. The molecule has 70 valence electrons. The summed E-state index contributed by atoms with van der Waals surface area (Å²) in [5.74, 6) is 0.735. The lowest BCUT2D eigenvalue weighted by Crippen LogP contribution is -2.56. The van der Waals surface area contributed by atoms with Crippen LogP contribution in [0.3, 0.4) is 0 Å². The molecule has 0 saturated carbocycles. The second kappa shape index (κ2) is 3.58. The zero-order valence-corrected chi connectivity index (χ0v) is 8.16. The third kappa shape index (κ3) is 1.87. The van der Waals surface area contributed by atoms with Crippen molar-refractivity contribution in [1.29, 1.82) is 0 Å². The minimum absolute atomic E-state index is 0.382. The molecule has 0 amide bonds. The second-order valence-corrected chi connectivity index (χ2v) is 4.28. The lowest BCUT2D eigenvalue weighted by molar-refractivity contribution is -0.954. The number of hydrogen-bond donors (Lipinski definition) is 1. The molecule has 1 aliphatic rings. The summed E-state index contributed by atoms with van der Waals surface area (Å²) >= 11 is 0. The van der Waals surface area contributed by atoms with Crippen molar-refractivity contribution >= 4 is 0 Å². The van der Waals surface area contributed by atoms with Gasteiger partial charge in [0, 0.05) is 5.92 Å². The Morgan fingerprint density at radius 3 is 2.83 bits per heavy atom. The number of piperidine rings is 1. The highest BCUT2D eigenvalue weighted by Crippen LogP contribution is 2.23. The highest BCUT2D eigenvalue weighted by molar-refractivity contribution is 4.73. The lowest BCUT2D eigenvalue weighted by Gasteiger charge is -2.42. The fourth-order valence-electron chi connectivity index (χ4n) is 2.19. The predicted octanol–water partition coefficient (Wildman–Crippen LogP) is 1.37. The van der Waals surface area contributed by atoms with Gasteiger partial charge in [-0.15, -0.1) is 0 Å². The minimum Gasteiger partial charge on any atom is -0.341 e. The molecule has 1 aliphatic heterocycles. The SMILES string of the molecule is C=CC(O)[N+]1(C)CCC[C@H](C)C1. The fraction of sp³-hybridized carbons (Fsp3) is 0.800. The first-order chi connectivity index (χ1) is 5.58. The van der Waals surface area contributed by atoms with Gasteiger partial charge in [-0.05, 0) is 18.9 Å². The average molecular weight is 170 g/mol. The molecule has 1 heterocycles. The number of aliphatic hydroxyl groups excluding tert-OH is 1. The van der Waals surface area contributed by atoms with Gasteiger partial charge in [0.05, 0.1) is 20.1 Å². The van der Waals surface area contributed by atoms with E-state index in [4.69, 9.17) is 0 Å². The van der Waals surface area contributed by atoms with E-state index in [1.54, 1.807) is 6.08 Å². The van der Waals surface area contributed by atoms with Crippen LogP contribution < -0.4 is 0 Å². The van der Waals surface area contributed by atoms with Crippen LogP contribution in [0.1, 0.15) is 19.8 Å². The quantitative estimate of drug-likeness (QED) is 0.490. The van der Waals surface area contributed by atoms with Crippen LogP contribution in [-0.2, 0) is 0 Å². The van der Waals surface area contributed by atoms with Crippen molar-refractivity contribution in [3.05, 3.63) is 12.7 Å². The molecular formula is C10H20NO+. The Kier molecular flexibility index (Phi) is 2.91. The monoisotopic (exact) mass is 170 g/mol. The maximum atomic E-state index is 9.71. The van der Waals surface area contributed by atoms with Crippen molar-refractivity contribution in [3.8, 4) is 0 Å². The molecule has 12 heavy (non-hydrogen) atoms. The zero-order valence-electron chi connectivity index (χ0n) is 8.16. The van der Waals surface area contributed by atoms with E-state index in [1.807, 2.05) is 0 Å². The molecule has 0 aromatic carbocycles. The number of aliphatic hydroxyl groups is 1. The molecule has 1 N–H and O–H groups in total. The van der Waals surface area contributed by atoms with Crippen LogP contribution >= 0.6 is 0 Å². The molecule has 2 nitrogen and oxygen atoms in total. The summed E-state index contributed by atoms with van der Waals surface area (Å²) in [5, 5.41) is 9.71. The maximum absolute atomic E-state index is 9.71. The molecule has 1 saturated heterocycles. The van der Waals surface area contributed by atoms with Gasteiger partial charge >= 0.3 is 0 Å². The number of likely N-dealkylation sites (N-methyl/N-ethyl adjacent to an activating group) is 1. The molecule has 2 heteroatoms. The van der Waals surface area contributed by atoms with Gasteiger partial charge < -0.3 is 5.11 Å². The van der Waals surface area contributed by atoms with Crippen molar-refractivity contribution in [2.45, 2.75) is 26.0 Å². The van der Waals surface area contributed by atoms with E-state index in [2.05, 4.69) is 20.6 Å². The van der Waals surface area contributed by atoms with Gasteiger partial charge in [0.15, 0.2) is 0 Å². The van der Waals surface area contributed by atoms with Gasteiger partial charge in [-0.2, -0.15) is 0 Å². The molecule has 0 bridgehead atoms. The number of hydrogen-bond acceptors (Lipinski definition) is 1. The Morgan fingerprint density at radius 1 is 1.67 bits per heavy atom. The smallest absolute Gasteiger partial charge is 0.209 e. The summed E-state index contributed by atoms with van der Waals surface area (Å²) in [4.78, 5) is 0. The van der Waals surface area contributed by atoms with E-state index >= 15 is 0 Å². The Balaban J connectivity index is 2.62. The van der Waals surface area contributed by atoms with E-state index < -0.39 is 0 Å². The molecule has 0 aliphatic carbocycles. The number of likely N-dealkylation sites (tertiary alicyclic amines) is 1. The summed E-state index contributed by atoms with van der Waals surface area (Å²) in [7, 11) is 2.11. The van der Waals surface area contributed by atoms with E-state index in [0.717, 1.165) is 23.5 Å². The van der Waals surface area contributed by atoms with Crippen molar-refractivity contribution in [2.75, 3.05) is 20.1 Å². The van der Waals surface area contributed by atoms with Gasteiger partial charge in [0.2, 0.25) is 6.23 Å². The largest absolute Gasteiger partial charge is 0.341 e. The van der Waals surface area contributed by atoms with Crippen LogP contribution in [0, 0.1) is 5.92 Å². The summed E-state index contributed by atoms with van der Waals surface area (Å²) in [6.07, 6.45) is 3.80. The number of rotatable bonds is 2. The zero-order chi connectivity index (χ0) is 9.19. The Morgan fingerprint density at radius 2 is 2.33 bits per heavy atom. The van der Waals surface area contributed by atoms with Gasteiger partial charge in [-0.25, -0.2) is 0 Å². The Labute approximate surface area is 75.1 Å². The lowest BCUT2D eigenvalue weighted by atomic mass is 9.98. The summed E-state index contributed by atoms with van der Waals surface area (Å²) in [5.41, 5.74) is 0. The molecule has 0 aromatic rings. The maximum Gasteiger partial charge on any atom is 0.209 e. The fourth-order valence-corrected chi connectivity index (χ4v) is 2.19. The normalized spacial score (nSPS) is 39.1. The molecular weight excluding hydrogens is 150 g/mol. The molecule has 1 fully saturated rings. The van der Waals surface area contributed by atoms with E-state index in [0.29, 0.717) is 0 Å². The van der Waals surface area contributed by atoms with Crippen LogP contribution in [0.5, 0.6) is 0 Å². The highest BCUT2D eigenvalue weighted by Gasteiger charge is 2.33. The van der Waals surface area contributed by atoms with Gasteiger partial charge in [-0.1, -0.05) is 13.5 Å². The van der Waals surface area contributed by atoms with Crippen LogP contribution in [-0.4, -0.2) is 36.0 Å². The van der Waals surface area contributed by atoms with Gasteiger partial charge in [-0.3, -0.25) is 4.48 Å². The average Bonchev–Trinajstić information content (AvgIpc) is 2.02. The van der Waals surface area contributed by atoms with Crippen LogP contribution in [0.4, 0.5) is 0 Å².